The summed E-state index contributed by atoms with van der Waals surface area (Å²) in [5.41, 5.74) is 0.980. The number of fused-ring (bicyclic) bond motifs is 1. The maximum atomic E-state index is 12.4. The van der Waals surface area contributed by atoms with Crippen molar-refractivity contribution in [1.29, 1.82) is 0 Å². The van der Waals surface area contributed by atoms with Gasteiger partial charge in [-0.2, -0.15) is 0 Å². The van der Waals surface area contributed by atoms with Gasteiger partial charge in [0.1, 0.15) is 0 Å². The fraction of sp³-hybridized carbons (Fsp3) is 0.125. The van der Waals surface area contributed by atoms with E-state index in [1.54, 1.807) is 37.3 Å². The number of amides is 1. The molecule has 0 aliphatic heterocycles. The molecule has 1 aromatic heterocycles. The van der Waals surface area contributed by atoms with Gasteiger partial charge in [0.2, 0.25) is 5.91 Å². The first-order chi connectivity index (χ1) is 11.9. The lowest BCUT2D eigenvalue weighted by atomic mass is 10.3. The van der Waals surface area contributed by atoms with Gasteiger partial charge in [0.05, 0.1) is 20.8 Å². The second-order valence-electron chi connectivity index (χ2n) is 5.17. The summed E-state index contributed by atoms with van der Waals surface area (Å²) in [6.07, 6.45) is 0.362. The summed E-state index contributed by atoms with van der Waals surface area (Å²) in [6.45, 7) is 1.76. The summed E-state index contributed by atoms with van der Waals surface area (Å²) < 4.78 is 28.2. The summed E-state index contributed by atoms with van der Waals surface area (Å²) in [7, 11) is -3.75. The van der Waals surface area contributed by atoms with Gasteiger partial charge >= 0.3 is 0 Å². The van der Waals surface area contributed by atoms with E-state index in [-0.39, 0.29) is 10.8 Å². The molecule has 1 heterocycles. The molecule has 3 rings (SSSR count). The number of carbonyl (C=O) groups excluding carboxylic acids is 1. The van der Waals surface area contributed by atoms with E-state index in [4.69, 9.17) is 11.6 Å². The van der Waals surface area contributed by atoms with E-state index in [9.17, 15) is 13.2 Å². The maximum Gasteiger partial charge on any atom is 0.261 e. The van der Waals surface area contributed by atoms with Crippen LogP contribution in [-0.4, -0.2) is 19.3 Å². The molecule has 0 aliphatic carbocycles. The molecule has 130 valence electrons. The molecule has 3 aromatic rings. The van der Waals surface area contributed by atoms with Crippen molar-refractivity contribution in [1.82, 2.24) is 4.98 Å². The monoisotopic (exact) mass is 395 g/mol. The van der Waals surface area contributed by atoms with E-state index in [1.807, 2.05) is 0 Å². The van der Waals surface area contributed by atoms with Crippen molar-refractivity contribution in [2.24, 2.45) is 0 Å². The van der Waals surface area contributed by atoms with Crippen LogP contribution in [0.5, 0.6) is 0 Å². The molecule has 0 spiro atoms. The fourth-order valence-corrected chi connectivity index (χ4v) is 4.31. The van der Waals surface area contributed by atoms with E-state index in [0.29, 0.717) is 27.8 Å². The third-order valence-electron chi connectivity index (χ3n) is 3.31. The third kappa shape index (κ3) is 4.09. The second kappa shape index (κ2) is 6.99. The molecule has 0 bridgehead atoms. The van der Waals surface area contributed by atoms with Crippen LogP contribution >= 0.6 is 22.9 Å². The molecule has 0 fully saturated rings. The minimum Gasteiger partial charge on any atom is -0.302 e. The van der Waals surface area contributed by atoms with Crippen molar-refractivity contribution in [2.75, 3.05) is 10.0 Å². The average molecular weight is 396 g/mol. The number of benzene rings is 2. The molecule has 25 heavy (non-hydrogen) atoms. The SMILES string of the molecule is CCC(=O)Nc1nc2cc(NS(=O)(=O)c3cccc(Cl)c3)ccc2s1. The smallest absolute Gasteiger partial charge is 0.261 e. The Balaban J connectivity index is 1.87. The molecule has 2 N–H and O–H groups in total. The highest BCUT2D eigenvalue weighted by Gasteiger charge is 2.15. The number of hydrogen-bond donors (Lipinski definition) is 2. The molecule has 0 radical (unpaired) electrons. The van der Waals surface area contributed by atoms with Crippen LogP contribution in [-0.2, 0) is 14.8 Å². The first-order valence-corrected chi connectivity index (χ1v) is 10.0. The van der Waals surface area contributed by atoms with E-state index in [0.717, 1.165) is 4.70 Å². The third-order valence-corrected chi connectivity index (χ3v) is 5.88. The summed E-state index contributed by atoms with van der Waals surface area (Å²) >= 11 is 7.18. The van der Waals surface area contributed by atoms with Gasteiger partial charge in [-0.05, 0) is 36.4 Å². The van der Waals surface area contributed by atoms with E-state index in [2.05, 4.69) is 15.0 Å². The molecule has 0 aliphatic rings. The standard InChI is InChI=1S/C16H14ClN3O3S2/c1-2-15(21)19-16-18-13-9-11(6-7-14(13)24-16)20-25(22,23)12-5-3-4-10(17)8-12/h3-9,20H,2H2,1H3,(H,18,19,21). The van der Waals surface area contributed by atoms with Gasteiger partial charge < -0.3 is 5.32 Å². The number of rotatable bonds is 5. The predicted molar refractivity (Wildman–Crippen MR) is 101 cm³/mol. The molecule has 1 amide bonds. The number of anilines is 2. The van der Waals surface area contributed by atoms with Crippen molar-refractivity contribution < 1.29 is 13.2 Å². The Morgan fingerprint density at radius 2 is 2.04 bits per heavy atom. The van der Waals surface area contributed by atoms with Gasteiger partial charge in [-0.25, -0.2) is 13.4 Å². The molecule has 0 atom stereocenters. The number of nitrogens with one attached hydrogen (secondary N) is 2. The van der Waals surface area contributed by atoms with Crippen LogP contribution in [0.4, 0.5) is 10.8 Å². The highest BCUT2D eigenvalue weighted by atomic mass is 35.5. The van der Waals surface area contributed by atoms with Crippen molar-refractivity contribution in [3.63, 3.8) is 0 Å². The molecule has 6 nitrogen and oxygen atoms in total. The van der Waals surface area contributed by atoms with Gasteiger partial charge in [-0.1, -0.05) is 35.9 Å². The van der Waals surface area contributed by atoms with Crippen molar-refractivity contribution in [2.45, 2.75) is 18.2 Å². The molecule has 0 saturated heterocycles. The van der Waals surface area contributed by atoms with Crippen LogP contribution in [0, 0.1) is 0 Å². The zero-order valence-corrected chi connectivity index (χ0v) is 15.5. The Kier molecular flexibility index (Phi) is 4.94. The topological polar surface area (TPSA) is 88.2 Å². The quantitative estimate of drug-likeness (QED) is 0.680. The normalized spacial score (nSPS) is 11.4. The van der Waals surface area contributed by atoms with Crippen LogP contribution in [0.1, 0.15) is 13.3 Å². The van der Waals surface area contributed by atoms with Crippen molar-refractivity contribution in [3.05, 3.63) is 47.5 Å². The van der Waals surface area contributed by atoms with Crippen LogP contribution in [0.15, 0.2) is 47.4 Å². The fourth-order valence-electron chi connectivity index (χ4n) is 2.10. The Morgan fingerprint density at radius 1 is 1.24 bits per heavy atom. The largest absolute Gasteiger partial charge is 0.302 e. The lowest BCUT2D eigenvalue weighted by Crippen LogP contribution is -2.12. The molecule has 0 saturated carbocycles. The summed E-state index contributed by atoms with van der Waals surface area (Å²) in [5, 5.41) is 3.52. The molecular weight excluding hydrogens is 382 g/mol. The second-order valence-corrected chi connectivity index (χ2v) is 8.32. The molecular formula is C16H14ClN3O3S2. The Bertz CT molecular complexity index is 1050. The van der Waals surface area contributed by atoms with E-state index >= 15 is 0 Å². The highest BCUT2D eigenvalue weighted by molar-refractivity contribution is 7.92. The van der Waals surface area contributed by atoms with Gasteiger partial charge in [-0.3, -0.25) is 9.52 Å². The van der Waals surface area contributed by atoms with Gasteiger partial charge in [0.25, 0.3) is 10.0 Å². The van der Waals surface area contributed by atoms with Crippen molar-refractivity contribution in [3.8, 4) is 0 Å². The van der Waals surface area contributed by atoms with Crippen LogP contribution in [0.2, 0.25) is 5.02 Å². The predicted octanol–water partition coefficient (Wildman–Crippen LogP) is 4.10. The number of thiazole rings is 1. The summed E-state index contributed by atoms with van der Waals surface area (Å²) in [6, 6.07) is 11.0. The molecule has 9 heteroatoms. The zero-order valence-electron chi connectivity index (χ0n) is 13.1. The minimum atomic E-state index is -3.75. The maximum absolute atomic E-state index is 12.4. The van der Waals surface area contributed by atoms with Gasteiger partial charge in [0, 0.05) is 11.4 Å². The average Bonchev–Trinajstić information content (AvgIpc) is 2.95. The highest BCUT2D eigenvalue weighted by Crippen LogP contribution is 2.29. The number of hydrogen-bond acceptors (Lipinski definition) is 5. The first-order valence-electron chi connectivity index (χ1n) is 7.36. The number of sulfonamides is 1. The number of nitrogens with zero attached hydrogens (tertiary/aromatic N) is 1. The summed E-state index contributed by atoms with van der Waals surface area (Å²) in [4.78, 5) is 15.8. The number of aromatic nitrogens is 1. The van der Waals surface area contributed by atoms with E-state index in [1.165, 1.54) is 23.5 Å². The van der Waals surface area contributed by atoms with E-state index < -0.39 is 10.0 Å². The molecule has 0 unspecified atom stereocenters. The lowest BCUT2D eigenvalue weighted by molar-refractivity contribution is -0.115. The van der Waals surface area contributed by atoms with Crippen LogP contribution in [0.3, 0.4) is 0 Å². The number of halogens is 1. The lowest BCUT2D eigenvalue weighted by Gasteiger charge is -2.08. The van der Waals surface area contributed by atoms with Crippen LogP contribution < -0.4 is 10.0 Å². The van der Waals surface area contributed by atoms with Crippen LogP contribution in [0.25, 0.3) is 10.2 Å². The molecule has 2 aromatic carbocycles. The van der Waals surface area contributed by atoms with Gasteiger partial charge in [-0.15, -0.1) is 0 Å². The Labute approximate surface area is 153 Å². The Morgan fingerprint density at radius 3 is 2.76 bits per heavy atom. The number of carbonyl (C=O) groups is 1. The van der Waals surface area contributed by atoms with Gasteiger partial charge in [0.15, 0.2) is 5.13 Å². The minimum absolute atomic E-state index is 0.0780. The Hall–Kier alpha value is -2.16. The summed E-state index contributed by atoms with van der Waals surface area (Å²) in [5.74, 6) is -0.124. The zero-order chi connectivity index (χ0) is 18.0. The first kappa shape index (κ1) is 17.7. The van der Waals surface area contributed by atoms with Crippen molar-refractivity contribution >= 4 is 59.9 Å².